The second kappa shape index (κ2) is 9.36. The van der Waals surface area contributed by atoms with Crippen LogP contribution in [-0.4, -0.2) is 24.8 Å². The summed E-state index contributed by atoms with van der Waals surface area (Å²) in [6.07, 6.45) is 4.78. The number of hydrogen-bond acceptors (Lipinski definition) is 5. The van der Waals surface area contributed by atoms with Gasteiger partial charge in [0.05, 0.1) is 5.71 Å². The van der Waals surface area contributed by atoms with E-state index >= 15 is 0 Å². The number of imidazole rings is 1. The van der Waals surface area contributed by atoms with E-state index in [9.17, 15) is 9.59 Å². The molecule has 3 rings (SSSR count). The molecule has 0 unspecified atom stereocenters. The average Bonchev–Trinajstić information content (AvgIpc) is 3.09. The van der Waals surface area contributed by atoms with Gasteiger partial charge in [-0.1, -0.05) is 63.4 Å². The molecule has 0 amide bonds. The Kier molecular flexibility index (Phi) is 6.64. The molecule has 8 heteroatoms. The highest BCUT2D eigenvalue weighted by molar-refractivity contribution is 6.00. The van der Waals surface area contributed by atoms with Gasteiger partial charge in [-0.3, -0.25) is 14.3 Å². The molecule has 0 aliphatic carbocycles. The van der Waals surface area contributed by atoms with Gasteiger partial charge in [-0.15, -0.1) is 0 Å². The first-order chi connectivity index (χ1) is 14.1. The van der Waals surface area contributed by atoms with Crippen LogP contribution < -0.4 is 16.7 Å². The zero-order chi connectivity index (χ0) is 20.8. The van der Waals surface area contributed by atoms with Crippen molar-refractivity contribution in [1.29, 1.82) is 0 Å². The van der Waals surface area contributed by atoms with Crippen LogP contribution in [0.5, 0.6) is 0 Å². The van der Waals surface area contributed by atoms with E-state index in [1.807, 2.05) is 34.9 Å². The van der Waals surface area contributed by atoms with Gasteiger partial charge in [0.2, 0.25) is 5.95 Å². The van der Waals surface area contributed by atoms with Gasteiger partial charge in [0.1, 0.15) is 0 Å². The number of unbranched alkanes of at least 4 members (excludes halogenated alkanes) is 2. The molecule has 0 bridgehead atoms. The fourth-order valence-electron chi connectivity index (χ4n) is 3.31. The maximum Gasteiger partial charge on any atom is 0.329 e. The summed E-state index contributed by atoms with van der Waals surface area (Å²) in [5, 5.41) is 4.60. The number of aromatic nitrogens is 4. The lowest BCUT2D eigenvalue weighted by atomic mass is 10.1. The standard InChI is InChI=1S/C21H28N6O2/c1-4-6-10-14-27-17-18(26(3)21(29)23-19(17)28)22-20(27)25-24-16(11-5-2)15-12-8-7-9-13-15/h7-9,12-13H,4-6,10-11,14H2,1-3H3,(H,22,25)(H,23,28,29)/b24-16-. The number of hydrazone groups is 1. The van der Waals surface area contributed by atoms with Crippen molar-refractivity contribution in [3.63, 3.8) is 0 Å². The smallest absolute Gasteiger partial charge is 0.303 e. The lowest BCUT2D eigenvalue weighted by molar-refractivity contribution is 0.615. The Balaban J connectivity index is 2.06. The van der Waals surface area contributed by atoms with Crippen molar-refractivity contribution >= 4 is 22.8 Å². The first-order valence-corrected chi connectivity index (χ1v) is 10.1. The van der Waals surface area contributed by atoms with E-state index in [0.717, 1.165) is 43.4 Å². The molecule has 2 heterocycles. The van der Waals surface area contributed by atoms with Crippen LogP contribution >= 0.6 is 0 Å². The quantitative estimate of drug-likeness (QED) is 0.330. The van der Waals surface area contributed by atoms with Crippen molar-refractivity contribution in [3.05, 3.63) is 56.7 Å². The summed E-state index contributed by atoms with van der Waals surface area (Å²) in [4.78, 5) is 31.4. The largest absolute Gasteiger partial charge is 0.329 e. The minimum absolute atomic E-state index is 0.352. The average molecular weight is 396 g/mol. The van der Waals surface area contributed by atoms with E-state index in [0.29, 0.717) is 23.7 Å². The van der Waals surface area contributed by atoms with Crippen LogP contribution in [0.15, 0.2) is 45.0 Å². The number of aryl methyl sites for hydroxylation is 2. The van der Waals surface area contributed by atoms with Gasteiger partial charge in [0.15, 0.2) is 11.2 Å². The SMILES string of the molecule is CCCCCn1c(N/N=C(/CCC)c2ccccc2)nc2c1c(=O)[nH]c(=O)n2C. The lowest BCUT2D eigenvalue weighted by Crippen LogP contribution is -2.29. The minimum Gasteiger partial charge on any atom is -0.303 e. The van der Waals surface area contributed by atoms with Crippen LogP contribution in [0.2, 0.25) is 0 Å². The van der Waals surface area contributed by atoms with Gasteiger partial charge in [0.25, 0.3) is 5.56 Å². The van der Waals surface area contributed by atoms with Gasteiger partial charge in [-0.25, -0.2) is 10.2 Å². The van der Waals surface area contributed by atoms with Gasteiger partial charge in [0, 0.05) is 13.6 Å². The number of benzene rings is 1. The van der Waals surface area contributed by atoms with Crippen LogP contribution in [-0.2, 0) is 13.6 Å². The molecule has 0 aliphatic heterocycles. The number of fused-ring (bicyclic) bond motifs is 1. The summed E-state index contributed by atoms with van der Waals surface area (Å²) < 4.78 is 3.17. The highest BCUT2D eigenvalue weighted by atomic mass is 16.2. The van der Waals surface area contributed by atoms with E-state index in [4.69, 9.17) is 0 Å². The monoisotopic (exact) mass is 396 g/mol. The number of nitrogens with one attached hydrogen (secondary N) is 2. The number of aromatic amines is 1. The molecule has 2 aromatic heterocycles. The van der Waals surface area contributed by atoms with Crippen LogP contribution in [0.3, 0.4) is 0 Å². The summed E-state index contributed by atoms with van der Waals surface area (Å²) in [5.41, 5.74) is 4.85. The van der Waals surface area contributed by atoms with Crippen LogP contribution in [0, 0.1) is 0 Å². The third-order valence-electron chi connectivity index (χ3n) is 4.88. The van der Waals surface area contributed by atoms with Crippen molar-refractivity contribution in [2.75, 3.05) is 5.43 Å². The molecule has 8 nitrogen and oxygen atoms in total. The second-order valence-corrected chi connectivity index (χ2v) is 7.07. The van der Waals surface area contributed by atoms with Crippen molar-refractivity contribution in [1.82, 2.24) is 19.1 Å². The third kappa shape index (κ3) is 4.47. The zero-order valence-electron chi connectivity index (χ0n) is 17.2. The Morgan fingerprint density at radius 3 is 2.59 bits per heavy atom. The van der Waals surface area contributed by atoms with Crippen LogP contribution in [0.25, 0.3) is 11.2 Å². The molecule has 3 aromatic rings. The molecular weight excluding hydrogens is 368 g/mol. The fraction of sp³-hybridized carbons (Fsp3) is 0.429. The molecule has 0 fully saturated rings. The topological polar surface area (TPSA) is 97.1 Å². The maximum absolute atomic E-state index is 12.5. The van der Waals surface area contributed by atoms with Crippen molar-refractivity contribution in [2.24, 2.45) is 12.1 Å². The lowest BCUT2D eigenvalue weighted by Gasteiger charge is -2.09. The second-order valence-electron chi connectivity index (χ2n) is 7.07. The molecule has 0 saturated heterocycles. The maximum atomic E-state index is 12.5. The molecule has 1 aromatic carbocycles. The minimum atomic E-state index is -0.480. The summed E-state index contributed by atoms with van der Waals surface area (Å²) in [7, 11) is 1.60. The normalized spacial score (nSPS) is 11.9. The van der Waals surface area contributed by atoms with Gasteiger partial charge < -0.3 is 4.57 Å². The Bertz CT molecular complexity index is 1110. The van der Waals surface area contributed by atoms with Gasteiger partial charge in [-0.2, -0.15) is 10.1 Å². The summed E-state index contributed by atoms with van der Waals surface area (Å²) in [6, 6.07) is 9.98. The van der Waals surface area contributed by atoms with Crippen LogP contribution in [0.4, 0.5) is 5.95 Å². The summed E-state index contributed by atoms with van der Waals surface area (Å²) in [5.74, 6) is 0.465. The molecule has 2 N–H and O–H groups in total. The molecule has 0 aliphatic rings. The Morgan fingerprint density at radius 2 is 1.90 bits per heavy atom. The predicted molar refractivity (Wildman–Crippen MR) is 117 cm³/mol. The Hall–Kier alpha value is -3.16. The highest BCUT2D eigenvalue weighted by Gasteiger charge is 2.17. The van der Waals surface area contributed by atoms with Crippen molar-refractivity contribution in [2.45, 2.75) is 52.5 Å². The molecule has 0 spiro atoms. The molecule has 0 radical (unpaired) electrons. The number of anilines is 1. The number of H-pyrrole nitrogens is 1. The van der Waals surface area contributed by atoms with Gasteiger partial charge >= 0.3 is 5.69 Å². The summed E-state index contributed by atoms with van der Waals surface area (Å²) >= 11 is 0. The molecule has 0 saturated carbocycles. The van der Waals surface area contributed by atoms with Crippen molar-refractivity contribution in [3.8, 4) is 0 Å². The molecular formula is C21H28N6O2. The third-order valence-corrected chi connectivity index (χ3v) is 4.88. The molecule has 154 valence electrons. The van der Waals surface area contributed by atoms with E-state index in [1.165, 1.54) is 4.57 Å². The predicted octanol–water partition coefficient (Wildman–Crippen LogP) is 3.23. The number of hydrogen-bond donors (Lipinski definition) is 2. The van der Waals surface area contributed by atoms with E-state index in [-0.39, 0.29) is 0 Å². The molecule has 29 heavy (non-hydrogen) atoms. The molecule has 0 atom stereocenters. The highest BCUT2D eigenvalue weighted by Crippen LogP contribution is 2.17. The van der Waals surface area contributed by atoms with Gasteiger partial charge in [-0.05, 0) is 18.4 Å². The zero-order valence-corrected chi connectivity index (χ0v) is 17.2. The van der Waals surface area contributed by atoms with Crippen LogP contribution in [0.1, 0.15) is 51.5 Å². The number of nitrogens with zero attached hydrogens (tertiary/aromatic N) is 4. The van der Waals surface area contributed by atoms with E-state index in [1.54, 1.807) is 7.05 Å². The van der Waals surface area contributed by atoms with E-state index < -0.39 is 11.2 Å². The van der Waals surface area contributed by atoms with E-state index in [2.05, 4.69) is 34.3 Å². The Labute approximate surface area is 169 Å². The first kappa shape index (κ1) is 20.6. The summed E-state index contributed by atoms with van der Waals surface area (Å²) in [6.45, 7) is 4.86. The number of rotatable bonds is 9. The fourth-order valence-corrected chi connectivity index (χ4v) is 3.31. The van der Waals surface area contributed by atoms with Crippen molar-refractivity contribution < 1.29 is 0 Å². The Morgan fingerprint density at radius 1 is 1.14 bits per heavy atom. The first-order valence-electron chi connectivity index (χ1n) is 10.1.